The molecule has 90 valence electrons. The summed E-state index contributed by atoms with van der Waals surface area (Å²) in [7, 11) is 2.04. The molecule has 3 rings (SSSR count). The number of hydrogen-bond donors (Lipinski definition) is 1. The van der Waals surface area contributed by atoms with Crippen LogP contribution in [0.15, 0.2) is 12.1 Å². The summed E-state index contributed by atoms with van der Waals surface area (Å²) >= 11 is 5.88. The molecule has 1 N–H and O–H groups in total. The highest BCUT2D eigenvalue weighted by molar-refractivity contribution is 6.29. The van der Waals surface area contributed by atoms with Gasteiger partial charge >= 0.3 is 0 Å². The van der Waals surface area contributed by atoms with Crippen LogP contribution in [0.4, 0.5) is 5.82 Å². The third-order valence-corrected chi connectivity index (χ3v) is 3.37. The van der Waals surface area contributed by atoms with Crippen molar-refractivity contribution >= 4 is 28.5 Å². The molecular formula is C11H14ClN5. The molecule has 0 aromatic carbocycles. The summed E-state index contributed by atoms with van der Waals surface area (Å²) in [5, 5.41) is 11.8. The molecule has 1 saturated heterocycles. The standard InChI is InChI=1S/C11H14ClN5/c1-16-9-7-10(12)15-14-8(9)6-11(16)17-4-2-13-3-5-17/h6-7,13H,2-5H2,1H3. The van der Waals surface area contributed by atoms with E-state index < -0.39 is 0 Å². The molecular weight excluding hydrogens is 238 g/mol. The fraction of sp³-hybridized carbons (Fsp3) is 0.455. The smallest absolute Gasteiger partial charge is 0.153 e. The summed E-state index contributed by atoms with van der Waals surface area (Å²) in [6.45, 7) is 4.08. The molecule has 0 saturated carbocycles. The maximum atomic E-state index is 5.88. The van der Waals surface area contributed by atoms with Crippen molar-refractivity contribution < 1.29 is 0 Å². The van der Waals surface area contributed by atoms with Crippen molar-refractivity contribution in [2.75, 3.05) is 31.1 Å². The van der Waals surface area contributed by atoms with Crippen molar-refractivity contribution in [3.8, 4) is 0 Å². The topological polar surface area (TPSA) is 46.0 Å². The second-order valence-corrected chi connectivity index (χ2v) is 4.62. The monoisotopic (exact) mass is 251 g/mol. The summed E-state index contributed by atoms with van der Waals surface area (Å²) in [6.07, 6.45) is 0. The highest BCUT2D eigenvalue weighted by atomic mass is 35.5. The van der Waals surface area contributed by atoms with Crippen LogP contribution in [0.25, 0.3) is 11.0 Å². The lowest BCUT2D eigenvalue weighted by atomic mass is 10.3. The van der Waals surface area contributed by atoms with E-state index in [1.165, 1.54) is 5.82 Å². The third-order valence-electron chi connectivity index (χ3n) is 3.18. The van der Waals surface area contributed by atoms with Gasteiger partial charge in [0, 0.05) is 45.4 Å². The Labute approximate surface area is 104 Å². The zero-order valence-corrected chi connectivity index (χ0v) is 10.4. The Morgan fingerprint density at radius 2 is 2.00 bits per heavy atom. The van der Waals surface area contributed by atoms with E-state index in [1.54, 1.807) is 0 Å². The van der Waals surface area contributed by atoms with Gasteiger partial charge in [0.05, 0.1) is 5.52 Å². The molecule has 5 nitrogen and oxygen atoms in total. The molecule has 0 bridgehead atoms. The molecule has 0 unspecified atom stereocenters. The SMILES string of the molecule is Cn1c(N2CCNCC2)cc2nnc(Cl)cc21. The Hall–Kier alpha value is -1.33. The van der Waals surface area contributed by atoms with E-state index in [-0.39, 0.29) is 0 Å². The summed E-state index contributed by atoms with van der Waals surface area (Å²) in [5.74, 6) is 1.18. The molecule has 3 heterocycles. The third kappa shape index (κ3) is 1.85. The minimum atomic E-state index is 0.436. The lowest BCUT2D eigenvalue weighted by molar-refractivity contribution is 0.580. The average Bonchev–Trinajstić information content (AvgIpc) is 2.68. The minimum Gasteiger partial charge on any atom is -0.355 e. The van der Waals surface area contributed by atoms with Crippen LogP contribution in [0, 0.1) is 0 Å². The van der Waals surface area contributed by atoms with Crippen molar-refractivity contribution in [1.82, 2.24) is 20.1 Å². The Kier molecular flexibility index (Phi) is 2.64. The van der Waals surface area contributed by atoms with Crippen LogP contribution < -0.4 is 10.2 Å². The van der Waals surface area contributed by atoms with Gasteiger partial charge in [-0.3, -0.25) is 0 Å². The van der Waals surface area contributed by atoms with Crippen LogP contribution in [0.2, 0.25) is 5.15 Å². The number of rotatable bonds is 1. The van der Waals surface area contributed by atoms with E-state index in [1.807, 2.05) is 13.1 Å². The molecule has 6 heteroatoms. The summed E-state index contributed by atoms with van der Waals surface area (Å²) < 4.78 is 2.13. The van der Waals surface area contributed by atoms with Crippen LogP contribution in [0.5, 0.6) is 0 Å². The number of halogens is 1. The van der Waals surface area contributed by atoms with Crippen LogP contribution in [-0.2, 0) is 7.05 Å². The molecule has 2 aromatic heterocycles. The molecule has 1 aliphatic rings. The maximum absolute atomic E-state index is 5.88. The maximum Gasteiger partial charge on any atom is 0.153 e. The molecule has 1 aliphatic heterocycles. The predicted molar refractivity (Wildman–Crippen MR) is 68.6 cm³/mol. The molecule has 0 aliphatic carbocycles. The van der Waals surface area contributed by atoms with Gasteiger partial charge in [0.15, 0.2) is 5.15 Å². The zero-order chi connectivity index (χ0) is 11.8. The first kappa shape index (κ1) is 10.8. The van der Waals surface area contributed by atoms with E-state index in [9.17, 15) is 0 Å². The van der Waals surface area contributed by atoms with Gasteiger partial charge in [-0.05, 0) is 0 Å². The van der Waals surface area contributed by atoms with Crippen LogP contribution >= 0.6 is 11.6 Å². The van der Waals surface area contributed by atoms with Crippen molar-refractivity contribution in [3.63, 3.8) is 0 Å². The second kappa shape index (κ2) is 4.16. The zero-order valence-electron chi connectivity index (χ0n) is 9.65. The molecule has 2 aromatic rings. The fourth-order valence-electron chi connectivity index (χ4n) is 2.28. The van der Waals surface area contributed by atoms with E-state index in [2.05, 4.69) is 31.0 Å². The van der Waals surface area contributed by atoms with Gasteiger partial charge in [0.25, 0.3) is 0 Å². The summed E-state index contributed by atoms with van der Waals surface area (Å²) in [6, 6.07) is 3.93. The summed E-state index contributed by atoms with van der Waals surface area (Å²) in [5.41, 5.74) is 1.92. The van der Waals surface area contributed by atoms with E-state index in [4.69, 9.17) is 11.6 Å². The number of aromatic nitrogens is 3. The lowest BCUT2D eigenvalue weighted by Crippen LogP contribution is -2.44. The van der Waals surface area contributed by atoms with Crippen LogP contribution in [-0.4, -0.2) is 40.9 Å². The van der Waals surface area contributed by atoms with Crippen molar-refractivity contribution in [1.29, 1.82) is 0 Å². The lowest BCUT2D eigenvalue weighted by Gasteiger charge is -2.29. The van der Waals surface area contributed by atoms with E-state index in [0.717, 1.165) is 37.2 Å². The number of hydrogen-bond acceptors (Lipinski definition) is 4. The first-order chi connectivity index (χ1) is 8.25. The summed E-state index contributed by atoms with van der Waals surface area (Å²) in [4.78, 5) is 2.35. The van der Waals surface area contributed by atoms with E-state index in [0.29, 0.717) is 5.15 Å². The number of piperazine rings is 1. The van der Waals surface area contributed by atoms with Gasteiger partial charge in [0.1, 0.15) is 11.3 Å². The quantitative estimate of drug-likeness (QED) is 0.823. The first-order valence-corrected chi connectivity index (χ1v) is 6.08. The fourth-order valence-corrected chi connectivity index (χ4v) is 2.42. The van der Waals surface area contributed by atoms with Gasteiger partial charge in [-0.25, -0.2) is 0 Å². The van der Waals surface area contributed by atoms with Gasteiger partial charge in [-0.1, -0.05) is 11.6 Å². The number of anilines is 1. The molecule has 0 amide bonds. The van der Waals surface area contributed by atoms with Crippen LogP contribution in [0.3, 0.4) is 0 Å². The minimum absolute atomic E-state index is 0.436. The average molecular weight is 252 g/mol. The molecule has 0 atom stereocenters. The normalized spacial score (nSPS) is 16.7. The number of nitrogens with zero attached hydrogens (tertiary/aromatic N) is 4. The Morgan fingerprint density at radius 3 is 2.76 bits per heavy atom. The number of aryl methyl sites for hydroxylation is 1. The van der Waals surface area contributed by atoms with Crippen molar-refractivity contribution in [2.24, 2.45) is 7.05 Å². The Morgan fingerprint density at radius 1 is 1.24 bits per heavy atom. The molecule has 17 heavy (non-hydrogen) atoms. The van der Waals surface area contributed by atoms with Crippen molar-refractivity contribution in [2.45, 2.75) is 0 Å². The Bertz CT molecular complexity index is 544. The predicted octanol–water partition coefficient (Wildman–Crippen LogP) is 1.03. The Balaban J connectivity index is 2.07. The van der Waals surface area contributed by atoms with E-state index >= 15 is 0 Å². The van der Waals surface area contributed by atoms with Gasteiger partial charge in [0.2, 0.25) is 0 Å². The molecule has 0 spiro atoms. The van der Waals surface area contributed by atoms with Crippen molar-refractivity contribution in [3.05, 3.63) is 17.3 Å². The van der Waals surface area contributed by atoms with Gasteiger partial charge in [-0.2, -0.15) is 0 Å². The highest BCUT2D eigenvalue weighted by Gasteiger charge is 2.16. The largest absolute Gasteiger partial charge is 0.355 e. The number of fused-ring (bicyclic) bond motifs is 1. The van der Waals surface area contributed by atoms with Crippen LogP contribution in [0.1, 0.15) is 0 Å². The highest BCUT2D eigenvalue weighted by Crippen LogP contribution is 2.25. The molecule has 1 fully saturated rings. The molecule has 0 radical (unpaired) electrons. The first-order valence-electron chi connectivity index (χ1n) is 5.70. The van der Waals surface area contributed by atoms with Gasteiger partial charge < -0.3 is 14.8 Å². The number of nitrogens with one attached hydrogen (secondary N) is 1. The second-order valence-electron chi connectivity index (χ2n) is 4.24. The van der Waals surface area contributed by atoms with Gasteiger partial charge in [-0.15, -0.1) is 10.2 Å².